The number of nitro groups is 1. The van der Waals surface area contributed by atoms with Crippen molar-refractivity contribution in [3.63, 3.8) is 0 Å². The molecule has 0 aliphatic carbocycles. The van der Waals surface area contributed by atoms with Crippen LogP contribution in [0.25, 0.3) is 0 Å². The summed E-state index contributed by atoms with van der Waals surface area (Å²) in [5.41, 5.74) is 0.559. The van der Waals surface area contributed by atoms with Crippen LogP contribution in [0.4, 0.5) is 5.69 Å². The van der Waals surface area contributed by atoms with Crippen LogP contribution in [0.15, 0.2) is 36.4 Å². The second-order valence-corrected chi connectivity index (χ2v) is 4.22. The number of hydrogen-bond acceptors (Lipinski definition) is 6. The molecule has 1 unspecified atom stereocenters. The van der Waals surface area contributed by atoms with Crippen molar-refractivity contribution in [1.82, 2.24) is 0 Å². The lowest BCUT2D eigenvalue weighted by atomic mass is 9.92. The Balaban J connectivity index is 2.96. The molecule has 0 fully saturated rings. The number of benzene rings is 1. The minimum absolute atomic E-state index is 0.0253. The smallest absolute Gasteiger partial charge is 0.334 e. The van der Waals surface area contributed by atoms with E-state index in [1.165, 1.54) is 38.5 Å². The molecule has 1 aromatic rings. The number of rotatable bonds is 6. The van der Waals surface area contributed by atoms with E-state index in [2.05, 4.69) is 16.1 Å². The van der Waals surface area contributed by atoms with E-state index in [1.54, 1.807) is 0 Å². The molecule has 1 aromatic carbocycles. The lowest BCUT2D eigenvalue weighted by Crippen LogP contribution is -2.25. The molecule has 1 rings (SSSR count). The topological polar surface area (TPSA) is 95.7 Å². The van der Waals surface area contributed by atoms with Gasteiger partial charge >= 0.3 is 11.9 Å². The first-order valence-electron chi connectivity index (χ1n) is 5.99. The molecule has 0 saturated carbocycles. The molecule has 0 spiro atoms. The van der Waals surface area contributed by atoms with Crippen LogP contribution in [-0.4, -0.2) is 31.1 Å². The molecule has 0 bridgehead atoms. The van der Waals surface area contributed by atoms with E-state index in [0.29, 0.717) is 5.56 Å². The van der Waals surface area contributed by atoms with E-state index in [1.807, 2.05) is 0 Å². The Bertz CT molecular complexity index is 563. The van der Waals surface area contributed by atoms with Crippen LogP contribution < -0.4 is 0 Å². The molecule has 0 N–H and O–H groups in total. The number of ether oxygens (including phenoxy) is 2. The lowest BCUT2D eigenvalue weighted by molar-refractivity contribution is -0.384. The highest BCUT2D eigenvalue weighted by Crippen LogP contribution is 2.20. The van der Waals surface area contributed by atoms with E-state index >= 15 is 0 Å². The van der Waals surface area contributed by atoms with Crippen LogP contribution in [0.2, 0.25) is 0 Å². The largest absolute Gasteiger partial charge is 0.469 e. The second-order valence-electron chi connectivity index (χ2n) is 4.22. The predicted molar refractivity (Wildman–Crippen MR) is 73.5 cm³/mol. The second kappa shape index (κ2) is 7.18. The quantitative estimate of drug-likeness (QED) is 0.342. The highest BCUT2D eigenvalue weighted by molar-refractivity contribution is 5.95. The van der Waals surface area contributed by atoms with Crippen molar-refractivity contribution in [2.24, 2.45) is 5.92 Å². The van der Waals surface area contributed by atoms with Crippen LogP contribution in [-0.2, 0) is 25.5 Å². The zero-order valence-corrected chi connectivity index (χ0v) is 11.7. The minimum atomic E-state index is -0.899. The van der Waals surface area contributed by atoms with Gasteiger partial charge in [0, 0.05) is 17.7 Å². The predicted octanol–water partition coefficient (Wildman–Crippen LogP) is 1.66. The van der Waals surface area contributed by atoms with Crippen molar-refractivity contribution < 1.29 is 24.0 Å². The van der Waals surface area contributed by atoms with E-state index in [0.717, 1.165) is 0 Å². The molecule has 7 heteroatoms. The number of non-ortho nitro benzene ring substituents is 1. The van der Waals surface area contributed by atoms with Gasteiger partial charge in [0.25, 0.3) is 5.69 Å². The molecule has 1 atom stereocenters. The molecule has 0 saturated heterocycles. The molecule has 0 radical (unpaired) electrons. The van der Waals surface area contributed by atoms with Gasteiger partial charge in [-0.2, -0.15) is 0 Å². The Hall–Kier alpha value is -2.70. The molecule has 0 amide bonds. The van der Waals surface area contributed by atoms with Crippen LogP contribution in [0, 0.1) is 16.0 Å². The summed E-state index contributed by atoms with van der Waals surface area (Å²) >= 11 is 0. The summed E-state index contributed by atoms with van der Waals surface area (Å²) in [7, 11) is 2.39. The van der Waals surface area contributed by atoms with Gasteiger partial charge in [0.15, 0.2) is 0 Å². The monoisotopic (exact) mass is 293 g/mol. The minimum Gasteiger partial charge on any atom is -0.469 e. The molecule has 21 heavy (non-hydrogen) atoms. The maximum atomic E-state index is 11.8. The molecule has 0 aromatic heterocycles. The summed E-state index contributed by atoms with van der Waals surface area (Å²) in [6, 6.07) is 5.67. The highest BCUT2D eigenvalue weighted by atomic mass is 16.6. The maximum absolute atomic E-state index is 11.8. The van der Waals surface area contributed by atoms with Gasteiger partial charge in [-0.1, -0.05) is 18.7 Å². The number of hydrogen-bond donors (Lipinski definition) is 0. The first-order chi connectivity index (χ1) is 9.90. The molecule has 0 heterocycles. The third-order valence-corrected chi connectivity index (χ3v) is 2.94. The van der Waals surface area contributed by atoms with Crippen LogP contribution in [0.1, 0.15) is 5.56 Å². The van der Waals surface area contributed by atoms with E-state index in [4.69, 9.17) is 0 Å². The first-order valence-corrected chi connectivity index (χ1v) is 5.99. The van der Waals surface area contributed by atoms with Crippen LogP contribution >= 0.6 is 0 Å². The number of nitrogens with zero attached hydrogens (tertiary/aromatic N) is 1. The van der Waals surface area contributed by atoms with Gasteiger partial charge in [0.05, 0.1) is 25.1 Å². The van der Waals surface area contributed by atoms with Gasteiger partial charge < -0.3 is 9.47 Å². The average molecular weight is 293 g/mol. The summed E-state index contributed by atoms with van der Waals surface area (Å²) in [5.74, 6) is -2.22. The van der Waals surface area contributed by atoms with Crippen molar-refractivity contribution in [2.75, 3.05) is 14.2 Å². The fourth-order valence-electron chi connectivity index (χ4n) is 1.75. The zero-order valence-electron chi connectivity index (χ0n) is 11.7. The Morgan fingerprint density at radius 1 is 1.24 bits per heavy atom. The summed E-state index contributed by atoms with van der Waals surface area (Å²) in [5, 5.41) is 10.6. The number of carbonyl (C=O) groups is 2. The van der Waals surface area contributed by atoms with Gasteiger partial charge in [0.1, 0.15) is 0 Å². The van der Waals surface area contributed by atoms with Gasteiger partial charge in [-0.25, -0.2) is 4.79 Å². The molecular formula is C14H15NO6. The fraction of sp³-hybridized carbons (Fsp3) is 0.286. The molecule has 112 valence electrons. The summed E-state index contributed by atoms with van der Waals surface area (Å²) in [4.78, 5) is 33.3. The van der Waals surface area contributed by atoms with Crippen molar-refractivity contribution in [2.45, 2.75) is 6.42 Å². The van der Waals surface area contributed by atoms with E-state index in [-0.39, 0.29) is 17.7 Å². The lowest BCUT2D eigenvalue weighted by Gasteiger charge is -2.15. The normalized spacial score (nSPS) is 11.3. The summed E-state index contributed by atoms with van der Waals surface area (Å²) < 4.78 is 9.19. The first kappa shape index (κ1) is 16.4. The number of nitro benzene ring substituents is 1. The van der Waals surface area contributed by atoms with Gasteiger partial charge in [-0.15, -0.1) is 0 Å². The summed E-state index contributed by atoms with van der Waals surface area (Å²) in [6.45, 7) is 3.55. The Labute approximate surface area is 121 Å². The van der Waals surface area contributed by atoms with Gasteiger partial charge in [-0.3, -0.25) is 14.9 Å². The van der Waals surface area contributed by atoms with E-state index in [9.17, 15) is 19.7 Å². The Kier molecular flexibility index (Phi) is 5.59. The van der Waals surface area contributed by atoms with Gasteiger partial charge in [-0.05, 0) is 12.0 Å². The van der Waals surface area contributed by atoms with Gasteiger partial charge in [0.2, 0.25) is 0 Å². The number of esters is 2. The molecule has 7 nitrogen and oxygen atoms in total. The average Bonchev–Trinajstić information content (AvgIpc) is 2.50. The SMILES string of the molecule is C=C(C(=O)OC)C(Cc1ccc([N+](=O)[O-])cc1)C(=O)OC. The van der Waals surface area contributed by atoms with Crippen molar-refractivity contribution >= 4 is 17.6 Å². The highest BCUT2D eigenvalue weighted by Gasteiger charge is 2.28. The van der Waals surface area contributed by atoms with E-state index < -0.39 is 22.8 Å². The number of methoxy groups -OCH3 is 2. The molecular weight excluding hydrogens is 278 g/mol. The zero-order chi connectivity index (χ0) is 16.0. The number of carbonyl (C=O) groups excluding carboxylic acids is 2. The summed E-state index contributed by atoms with van der Waals surface area (Å²) in [6.07, 6.45) is 0.138. The Morgan fingerprint density at radius 3 is 2.24 bits per heavy atom. The third-order valence-electron chi connectivity index (χ3n) is 2.94. The Morgan fingerprint density at radius 2 is 1.81 bits per heavy atom. The van der Waals surface area contributed by atoms with Crippen LogP contribution in [0.5, 0.6) is 0 Å². The molecule has 0 aliphatic heterocycles. The molecule has 0 aliphatic rings. The van der Waals surface area contributed by atoms with Crippen molar-refractivity contribution in [3.8, 4) is 0 Å². The van der Waals surface area contributed by atoms with Crippen molar-refractivity contribution in [1.29, 1.82) is 0 Å². The standard InChI is InChI=1S/C14H15NO6/c1-9(13(16)20-2)12(14(17)21-3)8-10-4-6-11(7-5-10)15(18)19/h4-7,12H,1,8H2,2-3H3. The maximum Gasteiger partial charge on any atom is 0.334 e. The van der Waals surface area contributed by atoms with Crippen molar-refractivity contribution in [3.05, 3.63) is 52.1 Å². The fourth-order valence-corrected chi connectivity index (χ4v) is 1.75. The third kappa shape index (κ3) is 4.13. The van der Waals surface area contributed by atoms with Crippen LogP contribution in [0.3, 0.4) is 0 Å².